The highest BCUT2D eigenvalue weighted by Gasteiger charge is 2.27. The Kier molecular flexibility index (Phi) is 5.01. The zero-order valence-corrected chi connectivity index (χ0v) is 8.77. The molecule has 0 unspecified atom stereocenters. The fraction of sp³-hybridized carbons (Fsp3) is 0.889. The van der Waals surface area contributed by atoms with Crippen LogP contribution < -0.4 is 10.6 Å². The molecule has 0 radical (unpaired) electrons. The van der Waals surface area contributed by atoms with Gasteiger partial charge < -0.3 is 15.4 Å². The Hall–Kier alpha value is -0.820. The molecule has 1 aliphatic heterocycles. The van der Waals surface area contributed by atoms with Gasteiger partial charge in [0.1, 0.15) is 13.2 Å². The molecule has 0 aromatic rings. The normalized spacial score (nSPS) is 21.8. The second-order valence-electron chi connectivity index (χ2n) is 3.67. The van der Waals surface area contributed by atoms with E-state index in [0.717, 1.165) is 19.4 Å². The van der Waals surface area contributed by atoms with Gasteiger partial charge in [-0.2, -0.15) is 13.2 Å². The van der Waals surface area contributed by atoms with Crippen molar-refractivity contribution in [2.24, 2.45) is 0 Å². The predicted molar refractivity (Wildman–Crippen MR) is 50.9 cm³/mol. The lowest BCUT2D eigenvalue weighted by molar-refractivity contribution is -0.142. The molecule has 1 aliphatic rings. The van der Waals surface area contributed by atoms with Crippen LogP contribution >= 0.6 is 0 Å². The Balaban J connectivity index is 2.09. The highest BCUT2D eigenvalue weighted by atomic mass is 19.4. The molecule has 0 aliphatic carbocycles. The number of halogens is 3. The van der Waals surface area contributed by atoms with E-state index in [9.17, 15) is 18.0 Å². The SMILES string of the molecule is O=C(CO[C@H]1CCCNC1)NCC(F)(F)F. The maximum absolute atomic E-state index is 11.7. The van der Waals surface area contributed by atoms with Crippen LogP contribution in [0.3, 0.4) is 0 Å². The van der Waals surface area contributed by atoms with Crippen LogP contribution in [0.1, 0.15) is 12.8 Å². The molecule has 0 saturated carbocycles. The van der Waals surface area contributed by atoms with Crippen molar-refractivity contribution < 1.29 is 22.7 Å². The van der Waals surface area contributed by atoms with Crippen LogP contribution in [0.5, 0.6) is 0 Å². The number of ether oxygens (including phenoxy) is 1. The first-order valence-electron chi connectivity index (χ1n) is 5.13. The monoisotopic (exact) mass is 240 g/mol. The predicted octanol–water partition coefficient (Wildman–Crippen LogP) is 0.433. The molecule has 1 saturated heterocycles. The van der Waals surface area contributed by atoms with E-state index in [0.29, 0.717) is 6.54 Å². The van der Waals surface area contributed by atoms with Gasteiger partial charge in [-0.1, -0.05) is 0 Å². The summed E-state index contributed by atoms with van der Waals surface area (Å²) in [6, 6.07) is 0. The molecule has 0 bridgehead atoms. The van der Waals surface area contributed by atoms with Gasteiger partial charge in [-0.15, -0.1) is 0 Å². The molecule has 1 atom stereocenters. The number of amides is 1. The third-order valence-electron chi connectivity index (χ3n) is 2.19. The number of piperidine rings is 1. The Morgan fingerprint density at radius 2 is 2.25 bits per heavy atom. The second kappa shape index (κ2) is 6.05. The molecule has 2 N–H and O–H groups in total. The number of alkyl halides is 3. The summed E-state index contributed by atoms with van der Waals surface area (Å²) in [5.74, 6) is -0.733. The molecule has 0 aromatic carbocycles. The Morgan fingerprint density at radius 1 is 1.50 bits per heavy atom. The third kappa shape index (κ3) is 5.92. The lowest BCUT2D eigenvalue weighted by Gasteiger charge is -2.22. The van der Waals surface area contributed by atoms with Crippen molar-refractivity contribution in [3.05, 3.63) is 0 Å². The third-order valence-corrected chi connectivity index (χ3v) is 2.19. The summed E-state index contributed by atoms with van der Waals surface area (Å²) >= 11 is 0. The second-order valence-corrected chi connectivity index (χ2v) is 3.67. The molecule has 7 heteroatoms. The van der Waals surface area contributed by atoms with Gasteiger partial charge >= 0.3 is 6.18 Å². The van der Waals surface area contributed by atoms with Gasteiger partial charge in [0, 0.05) is 6.54 Å². The summed E-state index contributed by atoms with van der Waals surface area (Å²) < 4.78 is 40.4. The fourth-order valence-electron chi connectivity index (χ4n) is 1.41. The van der Waals surface area contributed by atoms with Gasteiger partial charge in [-0.25, -0.2) is 0 Å². The summed E-state index contributed by atoms with van der Waals surface area (Å²) in [6.07, 6.45) is -2.67. The number of hydrogen-bond acceptors (Lipinski definition) is 3. The smallest absolute Gasteiger partial charge is 0.367 e. The van der Waals surface area contributed by atoms with Crippen molar-refractivity contribution in [2.75, 3.05) is 26.2 Å². The molecule has 0 aromatic heterocycles. The minimum atomic E-state index is -4.37. The van der Waals surface area contributed by atoms with Gasteiger partial charge in [0.15, 0.2) is 0 Å². The Morgan fingerprint density at radius 3 is 2.81 bits per heavy atom. The van der Waals surface area contributed by atoms with Gasteiger partial charge in [0.25, 0.3) is 0 Å². The van der Waals surface area contributed by atoms with Crippen LogP contribution in [0.25, 0.3) is 0 Å². The summed E-state index contributed by atoms with van der Waals surface area (Å²) in [6.45, 7) is -0.0623. The summed E-state index contributed by atoms with van der Waals surface area (Å²) in [4.78, 5) is 11.0. The lowest BCUT2D eigenvalue weighted by Crippen LogP contribution is -2.40. The first kappa shape index (κ1) is 13.2. The van der Waals surface area contributed by atoms with Crippen molar-refractivity contribution in [2.45, 2.75) is 25.1 Å². The minimum absolute atomic E-state index is 0.0783. The molecular weight excluding hydrogens is 225 g/mol. The van der Waals surface area contributed by atoms with E-state index >= 15 is 0 Å². The highest BCUT2D eigenvalue weighted by molar-refractivity contribution is 5.77. The summed E-state index contributed by atoms with van der Waals surface area (Å²) in [5.41, 5.74) is 0. The molecule has 16 heavy (non-hydrogen) atoms. The van der Waals surface area contributed by atoms with E-state index in [2.05, 4.69) is 5.32 Å². The van der Waals surface area contributed by atoms with Crippen molar-refractivity contribution in [3.8, 4) is 0 Å². The molecular formula is C9H15F3N2O2. The number of nitrogens with one attached hydrogen (secondary N) is 2. The molecule has 94 valence electrons. The quantitative estimate of drug-likeness (QED) is 0.749. The topological polar surface area (TPSA) is 50.4 Å². The van der Waals surface area contributed by atoms with E-state index in [1.165, 1.54) is 0 Å². The number of carbonyl (C=O) groups excluding carboxylic acids is 1. The molecule has 1 heterocycles. The molecule has 1 amide bonds. The van der Waals surface area contributed by atoms with Crippen molar-refractivity contribution in [1.82, 2.24) is 10.6 Å². The van der Waals surface area contributed by atoms with Crippen LogP contribution in [-0.2, 0) is 9.53 Å². The van der Waals surface area contributed by atoms with Crippen molar-refractivity contribution in [3.63, 3.8) is 0 Å². The molecule has 0 spiro atoms. The zero-order chi connectivity index (χ0) is 12.0. The van der Waals surface area contributed by atoms with E-state index < -0.39 is 18.6 Å². The van der Waals surface area contributed by atoms with Crippen LogP contribution in [0, 0.1) is 0 Å². The van der Waals surface area contributed by atoms with Gasteiger partial charge in [-0.3, -0.25) is 4.79 Å². The minimum Gasteiger partial charge on any atom is -0.367 e. The fourth-order valence-corrected chi connectivity index (χ4v) is 1.41. The van der Waals surface area contributed by atoms with E-state index in [1.54, 1.807) is 5.32 Å². The average molecular weight is 240 g/mol. The van der Waals surface area contributed by atoms with E-state index in [-0.39, 0.29) is 12.7 Å². The number of rotatable bonds is 4. The van der Waals surface area contributed by atoms with E-state index in [1.807, 2.05) is 0 Å². The first-order chi connectivity index (χ1) is 7.47. The maximum atomic E-state index is 11.7. The highest BCUT2D eigenvalue weighted by Crippen LogP contribution is 2.12. The van der Waals surface area contributed by atoms with Gasteiger partial charge in [0.2, 0.25) is 5.91 Å². The standard InChI is InChI=1S/C9H15F3N2O2/c10-9(11,12)6-14-8(15)5-16-7-2-1-3-13-4-7/h7,13H,1-6H2,(H,14,15)/t7-/m0/s1. The van der Waals surface area contributed by atoms with Crippen LogP contribution in [-0.4, -0.2) is 44.4 Å². The molecule has 1 fully saturated rings. The number of carbonyl (C=O) groups is 1. The van der Waals surface area contributed by atoms with Crippen LogP contribution in [0.15, 0.2) is 0 Å². The molecule has 4 nitrogen and oxygen atoms in total. The van der Waals surface area contributed by atoms with Crippen LogP contribution in [0.4, 0.5) is 13.2 Å². The van der Waals surface area contributed by atoms with Crippen molar-refractivity contribution >= 4 is 5.91 Å². The van der Waals surface area contributed by atoms with Crippen molar-refractivity contribution in [1.29, 1.82) is 0 Å². The van der Waals surface area contributed by atoms with E-state index in [4.69, 9.17) is 4.74 Å². The first-order valence-corrected chi connectivity index (χ1v) is 5.13. The number of hydrogen-bond donors (Lipinski definition) is 2. The lowest BCUT2D eigenvalue weighted by atomic mass is 10.1. The zero-order valence-electron chi connectivity index (χ0n) is 8.77. The Labute approximate surface area is 91.5 Å². The van der Waals surface area contributed by atoms with Crippen LogP contribution in [0.2, 0.25) is 0 Å². The van der Waals surface area contributed by atoms with Gasteiger partial charge in [0.05, 0.1) is 6.10 Å². The summed E-state index contributed by atoms with van der Waals surface area (Å²) in [7, 11) is 0. The average Bonchev–Trinajstić information content (AvgIpc) is 2.24. The maximum Gasteiger partial charge on any atom is 0.405 e. The largest absolute Gasteiger partial charge is 0.405 e. The summed E-state index contributed by atoms with van der Waals surface area (Å²) in [5, 5.41) is 4.83. The Bertz CT molecular complexity index is 227. The molecule has 1 rings (SSSR count). The van der Waals surface area contributed by atoms with Gasteiger partial charge in [-0.05, 0) is 19.4 Å².